The van der Waals surface area contributed by atoms with Crippen LogP contribution in [0, 0.1) is 0 Å². The number of hydrogen-bond acceptors (Lipinski definition) is 4. The number of sulfonamides is 1. The third-order valence-electron chi connectivity index (χ3n) is 2.40. The van der Waals surface area contributed by atoms with Crippen LogP contribution in [0.5, 0.6) is 0 Å². The van der Waals surface area contributed by atoms with Gasteiger partial charge in [0.1, 0.15) is 10.7 Å². The summed E-state index contributed by atoms with van der Waals surface area (Å²) in [6.45, 7) is 0. The minimum absolute atomic E-state index is 0.0709. The number of rotatable bonds is 3. The van der Waals surface area contributed by atoms with Crippen LogP contribution in [0.25, 0.3) is 0 Å². The molecule has 2 rings (SSSR count). The maximum absolute atomic E-state index is 12.4. The molecule has 10 heteroatoms. The molecule has 112 valence electrons. The minimum Gasteiger partial charge on any atom is -0.382 e. The van der Waals surface area contributed by atoms with E-state index in [4.69, 9.17) is 17.3 Å². The summed E-state index contributed by atoms with van der Waals surface area (Å²) in [7, 11) is -3.84. The second-order valence-electron chi connectivity index (χ2n) is 3.89. The summed E-state index contributed by atoms with van der Waals surface area (Å²) in [5.41, 5.74) is 5.84. The van der Waals surface area contributed by atoms with E-state index in [2.05, 4.69) is 57.5 Å². The summed E-state index contributed by atoms with van der Waals surface area (Å²) in [6, 6.07) is 4.68. The number of nitrogens with two attached hydrogens (primary N) is 1. The lowest BCUT2D eigenvalue weighted by molar-refractivity contribution is 0.601. The predicted octanol–water partition coefficient (Wildman–Crippen LogP) is 4.41. The summed E-state index contributed by atoms with van der Waals surface area (Å²) in [4.78, 5) is 3.66. The van der Waals surface area contributed by atoms with E-state index >= 15 is 0 Å². The molecule has 0 aliphatic heterocycles. The Balaban J connectivity index is 2.44. The Morgan fingerprint density at radius 3 is 2.24 bits per heavy atom. The molecule has 0 radical (unpaired) electrons. The fraction of sp³-hybridized carbons (Fsp3) is 0. The third-order valence-corrected chi connectivity index (χ3v) is 5.73. The molecule has 5 nitrogen and oxygen atoms in total. The number of nitrogens with zero attached hydrogens (tertiary/aromatic N) is 1. The lowest BCUT2D eigenvalue weighted by Crippen LogP contribution is -2.14. The van der Waals surface area contributed by atoms with E-state index in [-0.39, 0.29) is 15.7 Å². The molecule has 1 aromatic heterocycles. The highest BCUT2D eigenvalue weighted by Gasteiger charge is 2.19. The van der Waals surface area contributed by atoms with Gasteiger partial charge in [0, 0.05) is 19.6 Å². The molecule has 3 N–H and O–H groups in total. The van der Waals surface area contributed by atoms with Crippen molar-refractivity contribution in [1.82, 2.24) is 4.98 Å². The highest BCUT2D eigenvalue weighted by atomic mass is 79.9. The van der Waals surface area contributed by atoms with E-state index in [0.717, 1.165) is 10.7 Å². The third kappa shape index (κ3) is 3.89. The normalized spacial score (nSPS) is 11.4. The summed E-state index contributed by atoms with van der Waals surface area (Å²) < 4.78 is 29.1. The molecule has 21 heavy (non-hydrogen) atoms. The van der Waals surface area contributed by atoms with Crippen molar-refractivity contribution in [2.45, 2.75) is 4.90 Å². The van der Waals surface area contributed by atoms with Crippen molar-refractivity contribution in [2.75, 3.05) is 10.5 Å². The first kappa shape index (κ1) is 17.0. The Labute approximate surface area is 151 Å². The van der Waals surface area contributed by atoms with Crippen molar-refractivity contribution in [3.05, 3.63) is 42.8 Å². The zero-order valence-electron chi connectivity index (χ0n) is 10.1. The number of benzene rings is 1. The van der Waals surface area contributed by atoms with E-state index in [1.807, 2.05) is 0 Å². The van der Waals surface area contributed by atoms with Gasteiger partial charge in [0.2, 0.25) is 0 Å². The second-order valence-corrected chi connectivity index (χ2v) is 8.60. The van der Waals surface area contributed by atoms with Gasteiger partial charge in [-0.05, 0) is 50.1 Å². The topological polar surface area (TPSA) is 85.1 Å². The van der Waals surface area contributed by atoms with Crippen LogP contribution in [0.4, 0.5) is 11.5 Å². The summed E-state index contributed by atoms with van der Waals surface area (Å²) in [6.07, 6.45) is 1.14. The fourth-order valence-electron chi connectivity index (χ4n) is 1.41. The molecule has 0 fully saturated rings. The van der Waals surface area contributed by atoms with Crippen molar-refractivity contribution < 1.29 is 8.42 Å². The van der Waals surface area contributed by atoms with Crippen LogP contribution < -0.4 is 10.5 Å². The van der Waals surface area contributed by atoms with Crippen molar-refractivity contribution >= 4 is 80.9 Å². The number of pyridine rings is 1. The summed E-state index contributed by atoms with van der Waals surface area (Å²) in [5, 5.41) is 0.0758. The zero-order valence-corrected chi connectivity index (χ0v) is 16.4. The average Bonchev–Trinajstić information content (AvgIpc) is 2.37. The molecule has 0 bridgehead atoms. The van der Waals surface area contributed by atoms with Crippen LogP contribution in [0.15, 0.2) is 42.7 Å². The number of nitrogen functional groups attached to an aromatic ring is 1. The van der Waals surface area contributed by atoms with Crippen LogP contribution in [0.3, 0.4) is 0 Å². The maximum atomic E-state index is 12.4. The number of nitrogens with one attached hydrogen (secondary N) is 1. The molecule has 0 saturated carbocycles. The van der Waals surface area contributed by atoms with E-state index < -0.39 is 10.0 Å². The van der Waals surface area contributed by atoms with Crippen molar-refractivity contribution in [2.24, 2.45) is 0 Å². The minimum atomic E-state index is -3.84. The van der Waals surface area contributed by atoms with Crippen LogP contribution in [-0.4, -0.2) is 13.4 Å². The molecular formula is C11H7Br3ClN3O2S. The van der Waals surface area contributed by atoms with Crippen LogP contribution in [0.2, 0.25) is 5.02 Å². The van der Waals surface area contributed by atoms with Gasteiger partial charge in [-0.25, -0.2) is 13.4 Å². The largest absolute Gasteiger partial charge is 0.382 e. The van der Waals surface area contributed by atoms with Gasteiger partial charge in [-0.2, -0.15) is 0 Å². The first-order chi connectivity index (χ1) is 9.70. The average molecular weight is 520 g/mol. The lowest BCUT2D eigenvalue weighted by Gasteiger charge is -2.12. The fourth-order valence-corrected chi connectivity index (χ4v) is 5.43. The number of halogens is 4. The van der Waals surface area contributed by atoms with Crippen LogP contribution >= 0.6 is 59.4 Å². The van der Waals surface area contributed by atoms with Gasteiger partial charge < -0.3 is 5.73 Å². The van der Waals surface area contributed by atoms with Gasteiger partial charge in [0.15, 0.2) is 0 Å². The van der Waals surface area contributed by atoms with E-state index in [1.54, 1.807) is 12.1 Å². The van der Waals surface area contributed by atoms with Gasteiger partial charge in [0.25, 0.3) is 10.0 Å². The van der Waals surface area contributed by atoms with Crippen molar-refractivity contribution in [1.29, 1.82) is 0 Å². The first-order valence-corrected chi connectivity index (χ1v) is 9.53. The smallest absolute Gasteiger partial charge is 0.263 e. The number of hydrogen-bond donors (Lipinski definition) is 2. The highest BCUT2D eigenvalue weighted by Crippen LogP contribution is 2.36. The van der Waals surface area contributed by atoms with Crippen molar-refractivity contribution in [3.8, 4) is 0 Å². The lowest BCUT2D eigenvalue weighted by atomic mass is 10.3. The Kier molecular flexibility index (Phi) is 5.19. The Bertz CT molecular complexity index is 791. The number of aromatic nitrogens is 1. The first-order valence-electron chi connectivity index (χ1n) is 5.29. The zero-order chi connectivity index (χ0) is 15.8. The predicted molar refractivity (Wildman–Crippen MR) is 94.0 cm³/mol. The van der Waals surface area contributed by atoms with Crippen LogP contribution in [-0.2, 0) is 10.0 Å². The van der Waals surface area contributed by atoms with Gasteiger partial charge in [-0.15, -0.1) is 0 Å². The standard InChI is InChI=1S/C11H7Br3ClN3O2S/c12-5-1-7(13)10(8(14)2-5)18-21(19,20)6-3-9(15)11(16)17-4-6/h1-4,18H,(H2,16,17). The second kappa shape index (κ2) is 6.41. The quantitative estimate of drug-likeness (QED) is 0.628. The Morgan fingerprint density at radius 2 is 1.71 bits per heavy atom. The van der Waals surface area contributed by atoms with Gasteiger partial charge in [0.05, 0.1) is 10.7 Å². The Hall–Kier alpha value is -0.350. The van der Waals surface area contributed by atoms with E-state index in [1.165, 1.54) is 6.07 Å². The highest BCUT2D eigenvalue weighted by molar-refractivity contribution is 9.11. The molecule has 0 saturated heterocycles. The van der Waals surface area contributed by atoms with Gasteiger partial charge in [-0.3, -0.25) is 4.72 Å². The molecule has 0 amide bonds. The molecule has 2 aromatic rings. The molecule has 0 atom stereocenters. The number of anilines is 2. The summed E-state index contributed by atoms with van der Waals surface area (Å²) in [5.74, 6) is 0.0709. The SMILES string of the molecule is Nc1ncc(S(=O)(=O)Nc2c(Br)cc(Br)cc2Br)cc1Cl. The Morgan fingerprint density at radius 1 is 1.14 bits per heavy atom. The molecule has 0 spiro atoms. The molecule has 0 aliphatic rings. The molecule has 1 aromatic carbocycles. The van der Waals surface area contributed by atoms with Crippen molar-refractivity contribution in [3.63, 3.8) is 0 Å². The van der Waals surface area contributed by atoms with Gasteiger partial charge >= 0.3 is 0 Å². The summed E-state index contributed by atoms with van der Waals surface area (Å²) >= 11 is 15.7. The molecule has 1 heterocycles. The molecular weight excluding hydrogens is 513 g/mol. The molecule has 0 aliphatic carbocycles. The van der Waals surface area contributed by atoms with E-state index in [0.29, 0.717) is 14.6 Å². The monoisotopic (exact) mass is 517 g/mol. The van der Waals surface area contributed by atoms with E-state index in [9.17, 15) is 8.42 Å². The van der Waals surface area contributed by atoms with Gasteiger partial charge in [-0.1, -0.05) is 27.5 Å². The van der Waals surface area contributed by atoms with Crippen LogP contribution in [0.1, 0.15) is 0 Å². The maximum Gasteiger partial charge on any atom is 0.263 e. The molecule has 0 unspecified atom stereocenters.